The average molecular weight is 170 g/mol. The molecule has 0 radical (unpaired) electrons. The van der Waals surface area contributed by atoms with Crippen molar-refractivity contribution in [2.45, 2.75) is 13.8 Å². The Morgan fingerprint density at radius 2 is 1.91 bits per heavy atom. The van der Waals surface area contributed by atoms with E-state index in [-0.39, 0.29) is 0 Å². The van der Waals surface area contributed by atoms with E-state index < -0.39 is 0 Å². The predicted octanol–water partition coefficient (Wildman–Crippen LogP) is 3.00. The van der Waals surface area contributed by atoms with Crippen LogP contribution in [0.3, 0.4) is 0 Å². The van der Waals surface area contributed by atoms with E-state index in [2.05, 4.69) is 18.3 Å². The van der Waals surface area contributed by atoms with Gasteiger partial charge in [0.15, 0.2) is 0 Å². The van der Waals surface area contributed by atoms with Crippen LogP contribution in [0.15, 0.2) is 12.1 Å². The number of nitrogens with one attached hydrogen (secondary N) is 1. The highest BCUT2D eigenvalue weighted by atomic mass is 35.5. The lowest BCUT2D eigenvalue weighted by atomic mass is 10.1. The number of aryl methyl sites for hydroxylation is 1. The van der Waals surface area contributed by atoms with Crippen LogP contribution < -0.4 is 5.32 Å². The van der Waals surface area contributed by atoms with Crippen LogP contribution in [0.25, 0.3) is 0 Å². The van der Waals surface area contributed by atoms with Crippen LogP contribution in [0.1, 0.15) is 11.1 Å². The minimum atomic E-state index is 0.826. The monoisotopic (exact) mass is 169 g/mol. The molecular weight excluding hydrogens is 158 g/mol. The van der Waals surface area contributed by atoms with E-state index in [1.165, 1.54) is 5.56 Å². The van der Waals surface area contributed by atoms with Gasteiger partial charge in [0.1, 0.15) is 0 Å². The summed E-state index contributed by atoms with van der Waals surface area (Å²) in [5.41, 5.74) is 3.38. The molecule has 0 saturated carbocycles. The zero-order chi connectivity index (χ0) is 8.43. The maximum Gasteiger partial charge on any atom is 0.0669 e. The van der Waals surface area contributed by atoms with E-state index in [4.69, 9.17) is 11.6 Å². The fraction of sp³-hybridized carbons (Fsp3) is 0.333. The van der Waals surface area contributed by atoms with Crippen LogP contribution in [-0.2, 0) is 0 Å². The normalized spacial score (nSPS) is 9.82. The average Bonchev–Trinajstić information content (AvgIpc) is 2.01. The highest BCUT2D eigenvalue weighted by molar-refractivity contribution is 6.34. The summed E-state index contributed by atoms with van der Waals surface area (Å²) in [5, 5.41) is 3.86. The van der Waals surface area contributed by atoms with Crippen molar-refractivity contribution in [2.24, 2.45) is 0 Å². The smallest absolute Gasteiger partial charge is 0.0669 e. The van der Waals surface area contributed by atoms with Crippen molar-refractivity contribution in [1.82, 2.24) is 0 Å². The molecule has 0 atom stereocenters. The lowest BCUT2D eigenvalue weighted by molar-refractivity contribution is 1.33. The third kappa shape index (κ3) is 1.48. The van der Waals surface area contributed by atoms with Gasteiger partial charge in [-0.05, 0) is 31.0 Å². The first-order valence-corrected chi connectivity index (χ1v) is 3.98. The molecule has 1 rings (SSSR count). The van der Waals surface area contributed by atoms with Crippen LogP contribution in [0, 0.1) is 13.8 Å². The molecule has 0 unspecified atom stereocenters. The molecule has 60 valence electrons. The van der Waals surface area contributed by atoms with Gasteiger partial charge in [-0.2, -0.15) is 0 Å². The van der Waals surface area contributed by atoms with E-state index >= 15 is 0 Å². The van der Waals surface area contributed by atoms with Crippen LogP contribution in [-0.4, -0.2) is 7.05 Å². The second-order valence-electron chi connectivity index (χ2n) is 2.62. The van der Waals surface area contributed by atoms with Crippen LogP contribution >= 0.6 is 11.6 Å². The van der Waals surface area contributed by atoms with Gasteiger partial charge in [0, 0.05) is 7.05 Å². The van der Waals surface area contributed by atoms with Crippen molar-refractivity contribution in [3.05, 3.63) is 28.3 Å². The van der Waals surface area contributed by atoms with Crippen molar-refractivity contribution < 1.29 is 0 Å². The Morgan fingerprint density at radius 1 is 1.27 bits per heavy atom. The predicted molar refractivity (Wildman–Crippen MR) is 50.5 cm³/mol. The van der Waals surface area contributed by atoms with E-state index in [1.807, 2.05) is 20.0 Å². The Kier molecular flexibility index (Phi) is 2.40. The number of anilines is 1. The zero-order valence-electron chi connectivity index (χ0n) is 7.03. The first kappa shape index (κ1) is 8.41. The third-order valence-corrected chi connectivity index (χ3v) is 2.41. The molecule has 1 aromatic rings. The number of benzene rings is 1. The maximum atomic E-state index is 6.04. The molecule has 2 heteroatoms. The topological polar surface area (TPSA) is 12.0 Å². The molecule has 0 amide bonds. The minimum Gasteiger partial charge on any atom is -0.387 e. The van der Waals surface area contributed by atoms with Gasteiger partial charge >= 0.3 is 0 Å². The van der Waals surface area contributed by atoms with Gasteiger partial charge in [0.05, 0.1) is 10.7 Å². The van der Waals surface area contributed by atoms with Crippen molar-refractivity contribution in [3.8, 4) is 0 Å². The molecule has 1 nitrogen and oxygen atoms in total. The van der Waals surface area contributed by atoms with E-state index in [1.54, 1.807) is 0 Å². The van der Waals surface area contributed by atoms with Gasteiger partial charge in [-0.1, -0.05) is 17.7 Å². The SMILES string of the molecule is CNc1ccc(C)c(C)c1Cl. The Balaban J connectivity index is 3.25. The van der Waals surface area contributed by atoms with Crippen molar-refractivity contribution in [3.63, 3.8) is 0 Å². The van der Waals surface area contributed by atoms with Gasteiger partial charge in [-0.3, -0.25) is 0 Å². The fourth-order valence-electron chi connectivity index (χ4n) is 0.975. The van der Waals surface area contributed by atoms with Crippen LogP contribution in [0.5, 0.6) is 0 Å². The molecule has 1 aromatic carbocycles. The summed E-state index contributed by atoms with van der Waals surface area (Å²) in [7, 11) is 1.87. The molecule has 11 heavy (non-hydrogen) atoms. The molecule has 0 aliphatic heterocycles. The molecule has 1 N–H and O–H groups in total. The summed E-state index contributed by atoms with van der Waals surface area (Å²) in [6.07, 6.45) is 0. The van der Waals surface area contributed by atoms with Crippen LogP contribution in [0.2, 0.25) is 5.02 Å². The van der Waals surface area contributed by atoms with Crippen molar-refractivity contribution in [2.75, 3.05) is 12.4 Å². The van der Waals surface area contributed by atoms with Crippen molar-refractivity contribution in [1.29, 1.82) is 0 Å². The second-order valence-corrected chi connectivity index (χ2v) is 3.00. The van der Waals surface area contributed by atoms with Gasteiger partial charge < -0.3 is 5.32 Å². The highest BCUT2D eigenvalue weighted by Gasteiger charge is 2.02. The molecule has 0 aliphatic carbocycles. The Labute approximate surface area is 72.4 Å². The summed E-state index contributed by atoms with van der Waals surface area (Å²) in [6.45, 7) is 4.08. The molecule has 0 aliphatic rings. The molecule has 0 spiro atoms. The molecule has 0 fully saturated rings. The number of halogens is 1. The molecule has 0 aromatic heterocycles. The van der Waals surface area contributed by atoms with E-state index in [0.717, 1.165) is 16.3 Å². The summed E-state index contributed by atoms with van der Waals surface area (Å²) in [6, 6.07) is 4.05. The van der Waals surface area contributed by atoms with Crippen LogP contribution in [0.4, 0.5) is 5.69 Å². The number of hydrogen-bond acceptors (Lipinski definition) is 1. The van der Waals surface area contributed by atoms with Gasteiger partial charge in [0.25, 0.3) is 0 Å². The zero-order valence-corrected chi connectivity index (χ0v) is 7.79. The lowest BCUT2D eigenvalue weighted by Crippen LogP contribution is -1.92. The highest BCUT2D eigenvalue weighted by Crippen LogP contribution is 2.26. The van der Waals surface area contributed by atoms with Gasteiger partial charge in [-0.15, -0.1) is 0 Å². The lowest BCUT2D eigenvalue weighted by Gasteiger charge is -2.07. The Morgan fingerprint density at radius 3 is 2.45 bits per heavy atom. The molecule has 0 saturated heterocycles. The van der Waals surface area contributed by atoms with E-state index in [0.29, 0.717) is 0 Å². The first-order valence-electron chi connectivity index (χ1n) is 3.60. The largest absolute Gasteiger partial charge is 0.387 e. The number of hydrogen-bond donors (Lipinski definition) is 1. The summed E-state index contributed by atoms with van der Waals surface area (Å²) in [5.74, 6) is 0. The minimum absolute atomic E-state index is 0.826. The summed E-state index contributed by atoms with van der Waals surface area (Å²) < 4.78 is 0. The molecule has 0 bridgehead atoms. The van der Waals surface area contributed by atoms with Gasteiger partial charge in [-0.25, -0.2) is 0 Å². The summed E-state index contributed by atoms with van der Waals surface area (Å²) >= 11 is 6.04. The quantitative estimate of drug-likeness (QED) is 0.682. The summed E-state index contributed by atoms with van der Waals surface area (Å²) in [4.78, 5) is 0. The fourth-order valence-corrected chi connectivity index (χ4v) is 1.28. The Bertz CT molecular complexity index is 269. The number of rotatable bonds is 1. The van der Waals surface area contributed by atoms with Crippen molar-refractivity contribution >= 4 is 17.3 Å². The standard InChI is InChI=1S/C9H12ClN/c1-6-4-5-8(11-3)9(10)7(6)2/h4-5,11H,1-3H3. The van der Waals surface area contributed by atoms with Gasteiger partial charge in [0.2, 0.25) is 0 Å². The Hall–Kier alpha value is -0.690. The first-order chi connectivity index (χ1) is 5.16. The van der Waals surface area contributed by atoms with E-state index in [9.17, 15) is 0 Å². The maximum absolute atomic E-state index is 6.04. The second kappa shape index (κ2) is 3.14. The molecule has 0 heterocycles. The molecular formula is C9H12ClN. The third-order valence-electron chi connectivity index (χ3n) is 1.93.